The molecule has 1 saturated heterocycles. The van der Waals surface area contributed by atoms with Crippen LogP contribution in [-0.4, -0.2) is 35.3 Å². The summed E-state index contributed by atoms with van der Waals surface area (Å²) in [6.45, 7) is 0.895. The summed E-state index contributed by atoms with van der Waals surface area (Å²) in [5.41, 5.74) is 7.03. The van der Waals surface area contributed by atoms with Crippen molar-refractivity contribution < 1.29 is 13.9 Å². The number of hydrogen-bond donors (Lipinski definition) is 2. The maximum Gasteiger partial charge on any atom is 0.241 e. The third kappa shape index (κ3) is 4.20. The van der Waals surface area contributed by atoms with Crippen LogP contribution in [0.2, 0.25) is 0 Å². The van der Waals surface area contributed by atoms with E-state index >= 15 is 0 Å². The van der Waals surface area contributed by atoms with Crippen LogP contribution in [-0.2, 0) is 16.0 Å². The lowest BCUT2D eigenvalue weighted by Gasteiger charge is -2.32. The van der Waals surface area contributed by atoms with Crippen molar-refractivity contribution in [2.45, 2.75) is 30.8 Å². The molecule has 0 radical (unpaired) electrons. The highest BCUT2D eigenvalue weighted by Crippen LogP contribution is 2.22. The quantitative estimate of drug-likeness (QED) is 0.681. The first-order valence-electron chi connectivity index (χ1n) is 9.91. The molecule has 7 heteroatoms. The Balaban J connectivity index is 1.49. The lowest BCUT2D eigenvalue weighted by molar-refractivity contribution is -0.130. The van der Waals surface area contributed by atoms with E-state index in [1.165, 1.54) is 12.1 Å². The van der Waals surface area contributed by atoms with Crippen LogP contribution in [0.1, 0.15) is 18.4 Å². The molecular formula is C23H23FN4O2. The molecule has 1 aliphatic heterocycles. The summed E-state index contributed by atoms with van der Waals surface area (Å²) in [6.07, 6.45) is 5.20. The minimum absolute atomic E-state index is 0.276. The zero-order valence-corrected chi connectivity index (χ0v) is 16.5. The van der Waals surface area contributed by atoms with Gasteiger partial charge in [-0.25, -0.2) is 4.39 Å². The van der Waals surface area contributed by atoms with Crippen molar-refractivity contribution in [1.29, 1.82) is 5.26 Å². The summed E-state index contributed by atoms with van der Waals surface area (Å²) in [5, 5.41) is 14.4. The normalized spacial score (nSPS) is 16.7. The topological polar surface area (TPSA) is 93.1 Å². The van der Waals surface area contributed by atoms with Crippen molar-refractivity contribution in [3.8, 4) is 11.8 Å². The molecule has 30 heavy (non-hydrogen) atoms. The van der Waals surface area contributed by atoms with Gasteiger partial charge in [-0.1, -0.05) is 12.1 Å². The predicted octanol–water partition coefficient (Wildman–Crippen LogP) is 2.83. The monoisotopic (exact) mass is 406 g/mol. The van der Waals surface area contributed by atoms with E-state index in [-0.39, 0.29) is 11.7 Å². The molecule has 1 amide bonds. The first kappa shape index (κ1) is 20.1. The van der Waals surface area contributed by atoms with Crippen molar-refractivity contribution in [2.75, 3.05) is 13.2 Å². The van der Waals surface area contributed by atoms with E-state index in [1.54, 1.807) is 12.1 Å². The molecule has 4 rings (SSSR count). The highest BCUT2D eigenvalue weighted by atomic mass is 19.1. The lowest BCUT2D eigenvalue weighted by Crippen LogP contribution is -2.58. The van der Waals surface area contributed by atoms with Crippen LogP contribution in [0.3, 0.4) is 0 Å². The van der Waals surface area contributed by atoms with E-state index < -0.39 is 11.6 Å². The van der Waals surface area contributed by atoms with Gasteiger partial charge in [0, 0.05) is 43.1 Å². The number of nitrogens with zero attached hydrogens (tertiary/aromatic N) is 2. The average Bonchev–Trinajstić information content (AvgIpc) is 3.17. The predicted molar refractivity (Wildman–Crippen MR) is 111 cm³/mol. The summed E-state index contributed by atoms with van der Waals surface area (Å²) in [5.74, 6) is -0.580. The molecule has 2 aromatic carbocycles. The van der Waals surface area contributed by atoms with E-state index in [0.717, 1.165) is 22.0 Å². The summed E-state index contributed by atoms with van der Waals surface area (Å²) in [6, 6.07) is 13.7. The van der Waals surface area contributed by atoms with Gasteiger partial charge in [-0.15, -0.1) is 0 Å². The molecule has 1 fully saturated rings. The second kappa shape index (κ2) is 8.27. The van der Waals surface area contributed by atoms with Gasteiger partial charge in [0.2, 0.25) is 5.91 Å². The first-order valence-corrected chi connectivity index (χ1v) is 9.91. The van der Waals surface area contributed by atoms with Crippen LogP contribution in [0, 0.1) is 17.1 Å². The fourth-order valence-electron chi connectivity index (χ4n) is 3.71. The molecule has 3 aromatic rings. The van der Waals surface area contributed by atoms with Crippen molar-refractivity contribution in [3.63, 3.8) is 0 Å². The van der Waals surface area contributed by atoms with Crippen molar-refractivity contribution in [2.24, 2.45) is 5.73 Å². The van der Waals surface area contributed by atoms with Crippen LogP contribution in [0.4, 0.5) is 4.39 Å². The molecule has 0 saturated carbocycles. The minimum atomic E-state index is -0.982. The number of carbonyl (C=O) groups is 1. The van der Waals surface area contributed by atoms with E-state index in [4.69, 9.17) is 10.5 Å². The molecule has 1 aromatic heterocycles. The Morgan fingerprint density at radius 2 is 1.90 bits per heavy atom. The summed E-state index contributed by atoms with van der Waals surface area (Å²) >= 11 is 0. The number of halogens is 1. The maximum absolute atomic E-state index is 13.2. The zero-order valence-electron chi connectivity index (χ0n) is 16.5. The number of carbonyl (C=O) groups excluding carboxylic acids is 1. The van der Waals surface area contributed by atoms with E-state index in [0.29, 0.717) is 32.5 Å². The minimum Gasteiger partial charge on any atom is -0.381 e. The van der Waals surface area contributed by atoms with Gasteiger partial charge in [-0.2, -0.15) is 5.26 Å². The third-order valence-electron chi connectivity index (χ3n) is 5.57. The van der Waals surface area contributed by atoms with Crippen LogP contribution in [0.15, 0.2) is 54.9 Å². The van der Waals surface area contributed by atoms with Crippen molar-refractivity contribution in [1.82, 2.24) is 9.88 Å². The lowest BCUT2D eigenvalue weighted by atomic mass is 9.90. The summed E-state index contributed by atoms with van der Waals surface area (Å²) in [7, 11) is 0. The van der Waals surface area contributed by atoms with Gasteiger partial charge in [-0.05, 0) is 54.1 Å². The number of nitrogens with two attached hydrogens (primary N) is 1. The molecular weight excluding hydrogens is 383 g/mol. The van der Waals surface area contributed by atoms with Gasteiger partial charge in [0.05, 0.1) is 11.6 Å². The molecule has 154 valence electrons. The third-order valence-corrected chi connectivity index (χ3v) is 5.57. The number of nitrogens with one attached hydrogen (secondary N) is 1. The molecule has 0 unspecified atom stereocenters. The molecule has 2 heterocycles. The number of amides is 1. The largest absolute Gasteiger partial charge is 0.381 e. The standard InChI is InChI=1S/C23H23FN4O2/c24-19-3-5-21(6-4-19)28-14-17-2-1-16(11-18(17)15-28)12-20(13-25)27-22(29)23(26)7-9-30-10-8-23/h1-6,11,14-15,20H,7-10,12,26H2,(H,27,29)/t20-/m0/s1. The number of ether oxygens (including phenoxy) is 1. The Labute approximate surface area is 174 Å². The van der Waals surface area contributed by atoms with Crippen molar-refractivity contribution >= 4 is 16.7 Å². The number of rotatable bonds is 5. The Bertz CT molecular complexity index is 1090. The molecule has 0 spiro atoms. The van der Waals surface area contributed by atoms with Crippen molar-refractivity contribution in [3.05, 3.63) is 66.2 Å². The molecule has 3 N–H and O–H groups in total. The molecule has 1 aliphatic rings. The van der Waals surface area contributed by atoms with Crippen LogP contribution in [0.25, 0.3) is 16.5 Å². The average molecular weight is 406 g/mol. The second-order valence-electron chi connectivity index (χ2n) is 7.73. The van der Waals surface area contributed by atoms with Gasteiger partial charge < -0.3 is 20.4 Å². The van der Waals surface area contributed by atoms with Crippen LogP contribution >= 0.6 is 0 Å². The Kier molecular flexibility index (Phi) is 5.53. The summed E-state index contributed by atoms with van der Waals surface area (Å²) < 4.78 is 20.4. The fourth-order valence-corrected chi connectivity index (χ4v) is 3.71. The van der Waals surface area contributed by atoms with Gasteiger partial charge >= 0.3 is 0 Å². The Morgan fingerprint density at radius 3 is 2.60 bits per heavy atom. The van der Waals surface area contributed by atoms with Crippen LogP contribution < -0.4 is 11.1 Å². The van der Waals surface area contributed by atoms with Gasteiger partial charge in [0.1, 0.15) is 11.9 Å². The van der Waals surface area contributed by atoms with Gasteiger partial charge in [-0.3, -0.25) is 4.79 Å². The number of benzene rings is 2. The number of aromatic nitrogens is 1. The van der Waals surface area contributed by atoms with Gasteiger partial charge in [0.15, 0.2) is 0 Å². The molecule has 1 atom stereocenters. The SMILES string of the molecule is N#C[C@H](Cc1ccc2cn(-c3ccc(F)cc3)cc2c1)NC(=O)C1(N)CCOCC1. The zero-order chi connectivity index (χ0) is 21.1. The molecule has 0 aliphatic carbocycles. The highest BCUT2D eigenvalue weighted by Gasteiger charge is 2.36. The fraction of sp³-hybridized carbons (Fsp3) is 0.304. The highest BCUT2D eigenvalue weighted by molar-refractivity contribution is 5.87. The number of nitriles is 1. The molecule has 0 bridgehead atoms. The van der Waals surface area contributed by atoms with E-state index in [1.807, 2.05) is 35.2 Å². The van der Waals surface area contributed by atoms with E-state index in [9.17, 15) is 14.4 Å². The Morgan fingerprint density at radius 1 is 1.20 bits per heavy atom. The van der Waals surface area contributed by atoms with Gasteiger partial charge in [0.25, 0.3) is 0 Å². The van der Waals surface area contributed by atoms with Crippen LogP contribution in [0.5, 0.6) is 0 Å². The first-order chi connectivity index (χ1) is 14.5. The number of fused-ring (bicyclic) bond motifs is 1. The maximum atomic E-state index is 13.2. The number of hydrogen-bond acceptors (Lipinski definition) is 4. The smallest absolute Gasteiger partial charge is 0.241 e. The second-order valence-corrected chi connectivity index (χ2v) is 7.73. The molecule has 6 nitrogen and oxygen atoms in total. The van der Waals surface area contributed by atoms with E-state index in [2.05, 4.69) is 11.4 Å². The summed E-state index contributed by atoms with van der Waals surface area (Å²) in [4.78, 5) is 12.6. The Hall–Kier alpha value is -3.21.